The van der Waals surface area contributed by atoms with Crippen molar-refractivity contribution in [3.8, 4) is 0 Å². The molecule has 2 heterocycles. The Morgan fingerprint density at radius 1 is 1.04 bits per heavy atom. The average Bonchev–Trinajstić information content (AvgIpc) is 2.63. The molecule has 0 radical (unpaired) electrons. The van der Waals surface area contributed by atoms with Gasteiger partial charge in [0.2, 0.25) is 0 Å². The maximum atomic E-state index is 14.3. The normalized spacial score (nSPS) is 14.5. The van der Waals surface area contributed by atoms with E-state index in [1.807, 2.05) is 0 Å². The fourth-order valence-corrected chi connectivity index (χ4v) is 4.69. The summed E-state index contributed by atoms with van der Waals surface area (Å²) < 4.78 is 68.4. The molecule has 0 bridgehead atoms. The number of aryl methyl sites for hydroxylation is 1. The van der Waals surface area contributed by atoms with E-state index in [-0.39, 0.29) is 17.1 Å². The minimum atomic E-state index is -4.18. The van der Waals surface area contributed by atoms with Gasteiger partial charge >= 0.3 is 0 Å². The summed E-state index contributed by atoms with van der Waals surface area (Å²) in [5.74, 6) is -2.82. The van der Waals surface area contributed by atoms with Crippen molar-refractivity contribution in [3.63, 3.8) is 0 Å². The number of fused-ring (bicyclic) bond motifs is 2. The van der Waals surface area contributed by atoms with Crippen molar-refractivity contribution in [2.24, 2.45) is 0 Å². The number of pyridine rings is 1. The molecular weight excluding hydrogens is 365 g/mol. The number of nitrogens with zero attached hydrogens (tertiary/aromatic N) is 2. The van der Waals surface area contributed by atoms with Crippen LogP contribution in [0.25, 0.3) is 10.9 Å². The molecule has 3 aromatic rings. The molecule has 0 amide bonds. The second-order valence-corrected chi connectivity index (χ2v) is 7.92. The van der Waals surface area contributed by atoms with Gasteiger partial charge in [0, 0.05) is 18.1 Å². The summed E-state index contributed by atoms with van der Waals surface area (Å²) in [4.78, 5) is 3.84. The molecule has 2 aromatic carbocycles. The highest BCUT2D eigenvalue weighted by Crippen LogP contribution is 2.35. The third-order valence-corrected chi connectivity index (χ3v) is 6.18. The molecule has 0 unspecified atom stereocenters. The Morgan fingerprint density at radius 3 is 2.65 bits per heavy atom. The van der Waals surface area contributed by atoms with Crippen molar-refractivity contribution >= 4 is 26.6 Å². The van der Waals surface area contributed by atoms with E-state index in [1.165, 1.54) is 30.3 Å². The SMILES string of the molecule is O=S(=O)(c1cnc2ccc(F)cc2c1)N1CCCc2ccc(F)c(F)c21. The van der Waals surface area contributed by atoms with Gasteiger partial charge in [0.05, 0.1) is 11.2 Å². The van der Waals surface area contributed by atoms with Gasteiger partial charge in [0.1, 0.15) is 10.7 Å². The van der Waals surface area contributed by atoms with Crippen molar-refractivity contribution in [3.05, 3.63) is 65.6 Å². The smallest absolute Gasteiger partial charge is 0.263 e. The lowest BCUT2D eigenvalue weighted by molar-refractivity contribution is 0.503. The largest absolute Gasteiger partial charge is 0.265 e. The predicted octanol–water partition coefficient (Wildman–Crippen LogP) is 3.79. The molecule has 0 aliphatic carbocycles. The Kier molecular flexibility index (Phi) is 3.87. The van der Waals surface area contributed by atoms with Crippen molar-refractivity contribution < 1.29 is 21.6 Å². The summed E-state index contributed by atoms with van der Waals surface area (Å²) in [5, 5.41) is 0.308. The van der Waals surface area contributed by atoms with Crippen molar-refractivity contribution in [1.29, 1.82) is 0 Å². The fourth-order valence-electron chi connectivity index (χ4n) is 3.17. The van der Waals surface area contributed by atoms with Crippen molar-refractivity contribution in [2.75, 3.05) is 10.8 Å². The summed E-state index contributed by atoms with van der Waals surface area (Å²) in [6, 6.07) is 7.50. The minimum absolute atomic E-state index is 0.0247. The summed E-state index contributed by atoms with van der Waals surface area (Å²) in [5.41, 5.74) is 0.593. The number of hydrogen-bond acceptors (Lipinski definition) is 3. The maximum absolute atomic E-state index is 14.3. The van der Waals surface area contributed by atoms with Gasteiger partial charge in [-0.3, -0.25) is 9.29 Å². The Balaban J connectivity index is 1.88. The van der Waals surface area contributed by atoms with Gasteiger partial charge in [-0.05, 0) is 48.7 Å². The number of benzene rings is 2. The van der Waals surface area contributed by atoms with Crippen LogP contribution < -0.4 is 4.31 Å². The van der Waals surface area contributed by atoms with Crippen LogP contribution >= 0.6 is 0 Å². The Hall–Kier alpha value is -2.61. The highest BCUT2D eigenvalue weighted by atomic mass is 32.2. The van der Waals surface area contributed by atoms with E-state index >= 15 is 0 Å². The van der Waals surface area contributed by atoms with E-state index in [2.05, 4.69) is 4.98 Å². The molecule has 4 nitrogen and oxygen atoms in total. The minimum Gasteiger partial charge on any atom is -0.263 e. The van der Waals surface area contributed by atoms with Gasteiger partial charge in [0.25, 0.3) is 10.0 Å². The van der Waals surface area contributed by atoms with E-state index in [4.69, 9.17) is 0 Å². The molecule has 1 aliphatic heterocycles. The second kappa shape index (κ2) is 5.98. The van der Waals surface area contributed by atoms with Gasteiger partial charge < -0.3 is 0 Å². The molecule has 8 heteroatoms. The van der Waals surface area contributed by atoms with Gasteiger partial charge in [-0.2, -0.15) is 0 Å². The van der Waals surface area contributed by atoms with Crippen LogP contribution in [0.1, 0.15) is 12.0 Å². The molecule has 0 atom stereocenters. The lowest BCUT2D eigenvalue weighted by Crippen LogP contribution is -2.36. The topological polar surface area (TPSA) is 50.3 Å². The molecule has 134 valence electrons. The Labute approximate surface area is 147 Å². The van der Waals surface area contributed by atoms with Gasteiger partial charge in [-0.15, -0.1) is 0 Å². The first-order valence-electron chi connectivity index (χ1n) is 7.93. The Morgan fingerprint density at radius 2 is 1.85 bits per heavy atom. The maximum Gasteiger partial charge on any atom is 0.265 e. The highest BCUT2D eigenvalue weighted by Gasteiger charge is 2.33. The first-order chi connectivity index (χ1) is 12.4. The van der Waals surface area contributed by atoms with Gasteiger partial charge in [-0.1, -0.05) is 6.07 Å². The number of sulfonamides is 1. The molecule has 4 rings (SSSR count). The van der Waals surface area contributed by atoms with E-state index in [1.54, 1.807) is 0 Å². The summed E-state index contributed by atoms with van der Waals surface area (Å²) in [6.07, 6.45) is 2.08. The first-order valence-corrected chi connectivity index (χ1v) is 9.37. The zero-order valence-electron chi connectivity index (χ0n) is 13.4. The quantitative estimate of drug-likeness (QED) is 0.682. The lowest BCUT2D eigenvalue weighted by Gasteiger charge is -2.30. The predicted molar refractivity (Wildman–Crippen MR) is 90.9 cm³/mol. The van der Waals surface area contributed by atoms with Crippen molar-refractivity contribution in [1.82, 2.24) is 4.98 Å². The average molecular weight is 378 g/mol. The first kappa shape index (κ1) is 16.8. The van der Waals surface area contributed by atoms with Crippen molar-refractivity contribution in [2.45, 2.75) is 17.7 Å². The van der Waals surface area contributed by atoms with Crippen LogP contribution in [0.3, 0.4) is 0 Å². The molecule has 26 heavy (non-hydrogen) atoms. The molecule has 1 aliphatic rings. The zero-order valence-corrected chi connectivity index (χ0v) is 14.2. The molecule has 0 spiro atoms. The summed E-state index contributed by atoms with van der Waals surface area (Å²) in [7, 11) is -4.18. The number of rotatable bonds is 2. The number of aromatic nitrogens is 1. The van der Waals surface area contributed by atoms with E-state index in [0.717, 1.165) is 16.6 Å². The Bertz CT molecular complexity index is 1130. The van der Waals surface area contributed by atoms with Gasteiger partial charge in [0.15, 0.2) is 11.6 Å². The van der Waals surface area contributed by atoms with E-state index in [0.29, 0.717) is 29.3 Å². The van der Waals surface area contributed by atoms with E-state index < -0.39 is 27.5 Å². The number of halogens is 3. The van der Waals surface area contributed by atoms with Gasteiger partial charge in [-0.25, -0.2) is 21.6 Å². The molecule has 0 saturated carbocycles. The molecule has 1 aromatic heterocycles. The van der Waals surface area contributed by atoms with Crippen LogP contribution in [0.4, 0.5) is 18.9 Å². The molecular formula is C18H13F3N2O2S. The van der Waals surface area contributed by atoms with Crippen LogP contribution in [-0.4, -0.2) is 19.9 Å². The zero-order chi connectivity index (χ0) is 18.5. The third kappa shape index (κ3) is 2.61. The molecule has 0 fully saturated rings. The van der Waals surface area contributed by atoms with Crippen LogP contribution in [0.15, 0.2) is 47.5 Å². The lowest BCUT2D eigenvalue weighted by atomic mass is 10.0. The number of anilines is 1. The molecule has 0 N–H and O–H groups in total. The van der Waals surface area contributed by atoms with Crippen LogP contribution in [0.5, 0.6) is 0 Å². The van der Waals surface area contributed by atoms with Crippen LogP contribution in [0, 0.1) is 17.5 Å². The third-order valence-electron chi connectivity index (χ3n) is 4.42. The summed E-state index contributed by atoms with van der Waals surface area (Å²) in [6.45, 7) is 0.0247. The van der Waals surface area contributed by atoms with Crippen LogP contribution in [-0.2, 0) is 16.4 Å². The monoisotopic (exact) mass is 378 g/mol. The van der Waals surface area contributed by atoms with Crippen LogP contribution in [0.2, 0.25) is 0 Å². The number of hydrogen-bond donors (Lipinski definition) is 0. The standard InChI is InChI=1S/C18H13F3N2O2S/c19-13-4-6-16-12(8-13)9-14(10-22-16)26(24,25)23-7-1-2-11-3-5-15(20)17(21)18(11)23/h3-6,8-10H,1-2,7H2. The second-order valence-electron chi connectivity index (χ2n) is 6.06. The highest BCUT2D eigenvalue weighted by molar-refractivity contribution is 7.92. The summed E-state index contributed by atoms with van der Waals surface area (Å²) >= 11 is 0. The van der Waals surface area contributed by atoms with E-state index in [9.17, 15) is 21.6 Å². The fraction of sp³-hybridized carbons (Fsp3) is 0.167. The molecule has 0 saturated heterocycles.